The molecule has 4 rings (SSSR count). The third-order valence-electron chi connectivity index (χ3n) is 5.08. The van der Waals surface area contributed by atoms with Crippen molar-refractivity contribution in [1.29, 1.82) is 0 Å². The first kappa shape index (κ1) is 17.1. The Morgan fingerprint density at radius 2 is 1.85 bits per heavy atom. The second-order valence-corrected chi connectivity index (χ2v) is 7.49. The summed E-state index contributed by atoms with van der Waals surface area (Å²) in [5, 5.41) is 0. The molecule has 1 saturated heterocycles. The fraction of sp³-hybridized carbons (Fsp3) is 0.524. The molecule has 0 saturated carbocycles. The lowest BCUT2D eigenvalue weighted by Gasteiger charge is -2.27. The Labute approximate surface area is 155 Å². The van der Waals surface area contributed by atoms with Crippen LogP contribution in [-0.2, 0) is 0 Å². The van der Waals surface area contributed by atoms with Gasteiger partial charge in [-0.3, -0.25) is 0 Å². The number of ether oxygens (including phenoxy) is 2. The minimum Gasteiger partial charge on any atom is -0.490 e. The molecule has 2 aliphatic rings. The third kappa shape index (κ3) is 3.35. The molecule has 2 aromatic rings. The topological polar surface area (TPSA) is 47.5 Å². The van der Waals surface area contributed by atoms with E-state index in [1.807, 2.05) is 0 Å². The molecular formula is C21H27N3O2. The molecule has 1 atom stereocenters. The lowest BCUT2D eigenvalue weighted by Crippen LogP contribution is -2.24. The molecule has 1 fully saturated rings. The highest BCUT2D eigenvalue weighted by Crippen LogP contribution is 2.39. The smallest absolute Gasteiger partial charge is 0.161 e. The van der Waals surface area contributed by atoms with Gasteiger partial charge in [-0.1, -0.05) is 19.9 Å². The van der Waals surface area contributed by atoms with Gasteiger partial charge in [0.1, 0.15) is 11.6 Å². The minimum atomic E-state index is 0.321. The summed E-state index contributed by atoms with van der Waals surface area (Å²) in [6.07, 6.45) is 3.22. The predicted molar refractivity (Wildman–Crippen MR) is 102 cm³/mol. The van der Waals surface area contributed by atoms with E-state index in [1.54, 1.807) is 0 Å². The largest absolute Gasteiger partial charge is 0.490 e. The number of benzene rings is 1. The Kier molecular flexibility index (Phi) is 4.70. The number of aryl methyl sites for hydroxylation is 1. The molecule has 0 radical (unpaired) electrons. The van der Waals surface area contributed by atoms with Crippen molar-refractivity contribution in [2.24, 2.45) is 0 Å². The molecule has 2 aliphatic heterocycles. The van der Waals surface area contributed by atoms with Crippen LogP contribution in [0.15, 0.2) is 24.3 Å². The van der Waals surface area contributed by atoms with Crippen molar-refractivity contribution >= 4 is 5.82 Å². The van der Waals surface area contributed by atoms with Gasteiger partial charge in [0.15, 0.2) is 11.5 Å². The monoisotopic (exact) mass is 353 g/mol. The molecule has 138 valence electrons. The number of anilines is 1. The van der Waals surface area contributed by atoms with Gasteiger partial charge in [0.25, 0.3) is 0 Å². The number of nitrogens with zero attached hydrogens (tertiary/aromatic N) is 3. The average molecular weight is 353 g/mol. The normalized spacial score (nSPS) is 19.7. The molecule has 5 nitrogen and oxygen atoms in total. The molecule has 0 spiro atoms. The average Bonchev–Trinajstić information content (AvgIpc) is 3.00. The van der Waals surface area contributed by atoms with Crippen molar-refractivity contribution in [1.82, 2.24) is 9.97 Å². The van der Waals surface area contributed by atoms with Gasteiger partial charge in [0.2, 0.25) is 0 Å². The fourth-order valence-corrected chi connectivity index (χ4v) is 3.75. The molecule has 0 aliphatic carbocycles. The molecule has 0 bridgehead atoms. The van der Waals surface area contributed by atoms with Gasteiger partial charge in [-0.25, -0.2) is 9.97 Å². The second-order valence-electron chi connectivity index (χ2n) is 7.49. The molecule has 5 heteroatoms. The highest BCUT2D eigenvalue weighted by molar-refractivity contribution is 5.49. The summed E-state index contributed by atoms with van der Waals surface area (Å²) in [4.78, 5) is 11.9. The maximum Gasteiger partial charge on any atom is 0.161 e. The van der Waals surface area contributed by atoms with Gasteiger partial charge in [-0.05, 0) is 37.5 Å². The second kappa shape index (κ2) is 7.14. The summed E-state index contributed by atoms with van der Waals surface area (Å²) in [5.41, 5.74) is 2.30. The number of rotatable bonds is 3. The molecular weight excluding hydrogens is 326 g/mol. The first-order chi connectivity index (χ1) is 12.6. The highest BCUT2D eigenvalue weighted by Gasteiger charge is 2.29. The summed E-state index contributed by atoms with van der Waals surface area (Å²) in [5.74, 6) is 4.01. The lowest BCUT2D eigenvalue weighted by atomic mass is 10.0. The highest BCUT2D eigenvalue weighted by atomic mass is 16.5. The Balaban J connectivity index is 1.66. The van der Waals surface area contributed by atoms with Crippen molar-refractivity contribution in [3.8, 4) is 11.5 Å². The summed E-state index contributed by atoms with van der Waals surface area (Å²) in [7, 11) is 0. The van der Waals surface area contributed by atoms with Crippen LogP contribution >= 0.6 is 0 Å². The maximum atomic E-state index is 5.89. The third-order valence-corrected chi connectivity index (χ3v) is 5.08. The van der Waals surface area contributed by atoms with Crippen molar-refractivity contribution in [2.45, 2.75) is 52.0 Å². The van der Waals surface area contributed by atoms with Crippen LogP contribution in [0.25, 0.3) is 0 Å². The van der Waals surface area contributed by atoms with Gasteiger partial charge in [-0.15, -0.1) is 0 Å². The SMILES string of the molecule is Cc1cc(N2CCC[C@@H]2c2ccc3c(c2)OCCCO3)nc(C(C)C)n1. The molecule has 26 heavy (non-hydrogen) atoms. The predicted octanol–water partition coefficient (Wildman–Crippen LogP) is 4.41. The van der Waals surface area contributed by atoms with Crippen LogP contribution in [0.5, 0.6) is 11.5 Å². The number of hydrogen-bond donors (Lipinski definition) is 0. The van der Waals surface area contributed by atoms with E-state index < -0.39 is 0 Å². The Bertz CT molecular complexity index is 791. The standard InChI is InChI=1S/C21H27N3O2/c1-14(2)21-22-15(3)12-20(23-21)24-9-4-6-17(24)16-7-8-18-19(13-16)26-11-5-10-25-18/h7-8,12-14,17H,4-6,9-11H2,1-3H3/t17-/m1/s1. The van der Waals surface area contributed by atoms with E-state index in [0.29, 0.717) is 18.6 Å². The van der Waals surface area contributed by atoms with Crippen molar-refractivity contribution in [3.63, 3.8) is 0 Å². The van der Waals surface area contributed by atoms with E-state index in [9.17, 15) is 0 Å². The van der Waals surface area contributed by atoms with E-state index in [2.05, 4.69) is 54.9 Å². The number of aromatic nitrogens is 2. The first-order valence-corrected chi connectivity index (χ1v) is 9.63. The fourth-order valence-electron chi connectivity index (χ4n) is 3.75. The number of hydrogen-bond acceptors (Lipinski definition) is 5. The maximum absolute atomic E-state index is 5.89. The zero-order valence-corrected chi connectivity index (χ0v) is 15.9. The van der Waals surface area contributed by atoms with Crippen LogP contribution < -0.4 is 14.4 Å². The quantitative estimate of drug-likeness (QED) is 0.818. The van der Waals surface area contributed by atoms with Crippen LogP contribution in [0.1, 0.15) is 62.2 Å². The van der Waals surface area contributed by atoms with E-state index in [4.69, 9.17) is 14.5 Å². The van der Waals surface area contributed by atoms with E-state index in [-0.39, 0.29) is 0 Å². The van der Waals surface area contributed by atoms with Crippen LogP contribution in [0, 0.1) is 6.92 Å². The van der Waals surface area contributed by atoms with Gasteiger partial charge >= 0.3 is 0 Å². The zero-order valence-electron chi connectivity index (χ0n) is 15.9. The summed E-state index contributed by atoms with van der Waals surface area (Å²) in [6, 6.07) is 8.81. The molecule has 0 unspecified atom stereocenters. The van der Waals surface area contributed by atoms with Crippen LogP contribution in [-0.4, -0.2) is 29.7 Å². The van der Waals surface area contributed by atoms with Gasteiger partial charge < -0.3 is 14.4 Å². The molecule has 1 aromatic heterocycles. The molecule has 3 heterocycles. The zero-order chi connectivity index (χ0) is 18.1. The Morgan fingerprint density at radius 1 is 1.04 bits per heavy atom. The van der Waals surface area contributed by atoms with Gasteiger partial charge in [0.05, 0.1) is 19.3 Å². The van der Waals surface area contributed by atoms with E-state index in [0.717, 1.165) is 54.8 Å². The minimum absolute atomic E-state index is 0.321. The van der Waals surface area contributed by atoms with Crippen LogP contribution in [0.2, 0.25) is 0 Å². The van der Waals surface area contributed by atoms with Crippen molar-refractivity contribution in [2.75, 3.05) is 24.7 Å². The van der Waals surface area contributed by atoms with Crippen molar-refractivity contribution in [3.05, 3.63) is 41.3 Å². The van der Waals surface area contributed by atoms with Crippen molar-refractivity contribution < 1.29 is 9.47 Å². The molecule has 0 amide bonds. The Hall–Kier alpha value is -2.30. The summed E-state index contributed by atoms with van der Waals surface area (Å²) in [6.45, 7) is 8.80. The molecule has 1 aromatic carbocycles. The van der Waals surface area contributed by atoms with Crippen LogP contribution in [0.3, 0.4) is 0 Å². The Morgan fingerprint density at radius 3 is 2.65 bits per heavy atom. The van der Waals surface area contributed by atoms with Crippen LogP contribution in [0.4, 0.5) is 5.82 Å². The lowest BCUT2D eigenvalue weighted by molar-refractivity contribution is 0.297. The molecule has 0 N–H and O–H groups in total. The van der Waals surface area contributed by atoms with Gasteiger partial charge in [0, 0.05) is 30.6 Å². The van der Waals surface area contributed by atoms with Gasteiger partial charge in [-0.2, -0.15) is 0 Å². The number of fused-ring (bicyclic) bond motifs is 1. The summed E-state index contributed by atoms with van der Waals surface area (Å²) < 4.78 is 11.7. The van der Waals surface area contributed by atoms with E-state index in [1.165, 1.54) is 12.0 Å². The van der Waals surface area contributed by atoms with E-state index >= 15 is 0 Å². The first-order valence-electron chi connectivity index (χ1n) is 9.63. The summed E-state index contributed by atoms with van der Waals surface area (Å²) >= 11 is 0.